The first kappa shape index (κ1) is 9.99. The van der Waals surface area contributed by atoms with E-state index in [9.17, 15) is 0 Å². The van der Waals surface area contributed by atoms with E-state index in [-0.39, 0.29) is 0 Å². The molecule has 1 aromatic heterocycles. The van der Waals surface area contributed by atoms with E-state index in [0.29, 0.717) is 0 Å². The molecule has 0 spiro atoms. The molecule has 1 heterocycles. The van der Waals surface area contributed by atoms with E-state index in [1.54, 1.807) is 6.20 Å². The monoisotopic (exact) mass is 216 g/mol. The minimum atomic E-state index is -0.444. The number of quaternary nitrogens is 1. The first-order valence-corrected chi connectivity index (χ1v) is 5.88. The molecule has 0 radical (unpaired) electrons. The molecule has 15 heavy (non-hydrogen) atoms. The largest absolute Gasteiger partial charge is 0.384 e. The zero-order valence-corrected chi connectivity index (χ0v) is 9.08. The highest BCUT2D eigenvalue weighted by molar-refractivity contribution is 7.86. The van der Waals surface area contributed by atoms with E-state index >= 15 is 0 Å². The van der Waals surface area contributed by atoms with Crippen LogP contribution in [0.25, 0.3) is 0 Å². The molecule has 0 unspecified atom stereocenters. The Hall–Kier alpha value is -1.54. The van der Waals surface area contributed by atoms with Crippen LogP contribution in [0.2, 0.25) is 0 Å². The highest BCUT2D eigenvalue weighted by Crippen LogP contribution is 2.13. The van der Waals surface area contributed by atoms with Gasteiger partial charge in [0.2, 0.25) is 0 Å². The van der Waals surface area contributed by atoms with E-state index in [2.05, 4.69) is 10.7 Å². The van der Waals surface area contributed by atoms with Crippen molar-refractivity contribution in [3.8, 4) is 5.69 Å². The molecule has 0 aliphatic heterocycles. The second-order valence-corrected chi connectivity index (χ2v) is 4.71. The van der Waals surface area contributed by atoms with E-state index < -0.39 is 10.3 Å². The van der Waals surface area contributed by atoms with Gasteiger partial charge in [-0.1, -0.05) is 29.3 Å². The lowest BCUT2D eigenvalue weighted by Crippen LogP contribution is -2.39. The summed E-state index contributed by atoms with van der Waals surface area (Å²) < 4.78 is 0. The molecule has 0 amide bonds. The lowest BCUT2D eigenvalue weighted by Gasteiger charge is -2.17. The van der Waals surface area contributed by atoms with Crippen molar-refractivity contribution in [3.63, 3.8) is 0 Å². The van der Waals surface area contributed by atoms with Crippen LogP contribution in [-0.4, -0.2) is 4.98 Å². The number of benzene rings is 1. The Morgan fingerprint density at radius 1 is 1.07 bits per heavy atom. The second kappa shape index (κ2) is 4.32. The van der Waals surface area contributed by atoms with Gasteiger partial charge >= 0.3 is 0 Å². The van der Waals surface area contributed by atoms with Gasteiger partial charge in [-0.25, -0.2) is 0 Å². The van der Waals surface area contributed by atoms with Crippen molar-refractivity contribution in [2.75, 3.05) is 0 Å². The molecule has 3 N–H and O–H groups in total. The smallest absolute Gasteiger partial charge is 0.127 e. The highest BCUT2D eigenvalue weighted by Gasteiger charge is 1.89. The molecule has 3 heteroatoms. The van der Waals surface area contributed by atoms with Crippen LogP contribution in [0, 0.1) is 5.69 Å². The van der Waals surface area contributed by atoms with Gasteiger partial charge < -0.3 is 21.7 Å². The summed E-state index contributed by atoms with van der Waals surface area (Å²) in [5.41, 5.74) is 10.9. The molecule has 0 saturated heterocycles. The Morgan fingerprint density at radius 3 is 2.40 bits per heavy atom. The molecule has 0 fully saturated rings. The number of nitrogens with zero attached hydrogens (tertiary/aromatic N) is 1. The SMILES string of the molecule is C#[S-](c1ccc([NH3+])cc1)c1ccccn1. The minimum Gasteiger partial charge on any atom is -0.384 e. The van der Waals surface area contributed by atoms with Gasteiger partial charge in [-0.05, 0) is 18.2 Å². The third-order valence-corrected chi connectivity index (χ3v) is 3.51. The van der Waals surface area contributed by atoms with Crippen LogP contribution in [-0.2, 0) is 10.3 Å². The Balaban J connectivity index is 2.35. The average Bonchev–Trinajstić information content (AvgIpc) is 2.30. The van der Waals surface area contributed by atoms with Crippen LogP contribution < -0.4 is 5.73 Å². The Labute approximate surface area is 91.3 Å². The molecule has 0 aliphatic rings. The number of pyridine rings is 1. The van der Waals surface area contributed by atoms with Crippen LogP contribution in [0.4, 0.5) is 5.69 Å². The van der Waals surface area contributed by atoms with Crippen LogP contribution in [0.1, 0.15) is 0 Å². The van der Waals surface area contributed by atoms with Crippen molar-refractivity contribution in [3.05, 3.63) is 48.7 Å². The van der Waals surface area contributed by atoms with Gasteiger partial charge in [0.15, 0.2) is 0 Å². The molecule has 0 atom stereocenters. The molecule has 2 nitrogen and oxygen atoms in total. The Kier molecular flexibility index (Phi) is 2.88. The summed E-state index contributed by atoms with van der Waals surface area (Å²) in [5.74, 6) is 0. The zero-order chi connectivity index (χ0) is 10.7. The van der Waals surface area contributed by atoms with Crippen LogP contribution >= 0.6 is 0 Å². The quantitative estimate of drug-likeness (QED) is 0.667. The van der Waals surface area contributed by atoms with E-state index in [0.717, 1.165) is 15.6 Å². The topological polar surface area (TPSA) is 40.5 Å². The first-order chi connectivity index (χ1) is 7.27. The molecular weight excluding hydrogens is 204 g/mol. The van der Waals surface area contributed by atoms with Gasteiger partial charge in [0.25, 0.3) is 0 Å². The van der Waals surface area contributed by atoms with E-state index in [1.165, 1.54) is 0 Å². The molecule has 0 bridgehead atoms. The highest BCUT2D eigenvalue weighted by atomic mass is 32.2. The molecule has 1 aromatic carbocycles. The molecule has 2 aromatic rings. The predicted octanol–water partition coefficient (Wildman–Crippen LogP) is 1.58. The fraction of sp³-hybridized carbons (Fsp3) is 0. The summed E-state index contributed by atoms with van der Waals surface area (Å²) in [6.07, 6.45) is 1.76. The molecule has 0 saturated carbocycles. The molecule has 76 valence electrons. The fourth-order valence-electron chi connectivity index (χ4n) is 1.23. The lowest BCUT2D eigenvalue weighted by atomic mass is 10.3. The summed E-state index contributed by atoms with van der Waals surface area (Å²) in [6, 6.07) is 13.7. The molecule has 2 rings (SSSR count). The second-order valence-electron chi connectivity index (χ2n) is 3.15. The standard InChI is InChI=1S/C12H11N2S/c1-15(12-4-2-3-9-14-12)11-7-5-10(13)6-8-11/h1-9H,13H2/q-1/p+1. The van der Waals surface area contributed by atoms with Crippen LogP contribution in [0.15, 0.2) is 58.6 Å². The van der Waals surface area contributed by atoms with Gasteiger partial charge in [-0.3, -0.25) is 4.98 Å². The van der Waals surface area contributed by atoms with Crippen molar-refractivity contribution >= 4 is 16.0 Å². The van der Waals surface area contributed by atoms with Crippen LogP contribution in [0.3, 0.4) is 0 Å². The van der Waals surface area contributed by atoms with Crippen molar-refractivity contribution in [2.45, 2.75) is 9.92 Å². The van der Waals surface area contributed by atoms with Gasteiger partial charge in [0.1, 0.15) is 5.69 Å². The van der Waals surface area contributed by atoms with E-state index in [1.807, 2.05) is 42.5 Å². The number of aromatic nitrogens is 1. The fourth-order valence-corrected chi connectivity index (χ4v) is 2.30. The van der Waals surface area contributed by atoms with Crippen molar-refractivity contribution < 1.29 is 5.73 Å². The predicted molar refractivity (Wildman–Crippen MR) is 62.1 cm³/mol. The summed E-state index contributed by atoms with van der Waals surface area (Å²) in [7, 11) is -0.444. The maximum atomic E-state index is 6.11. The Morgan fingerprint density at radius 2 is 1.80 bits per heavy atom. The van der Waals surface area contributed by atoms with Crippen molar-refractivity contribution in [1.82, 2.24) is 4.98 Å². The maximum absolute atomic E-state index is 6.11. The molecular formula is C12H12N2S. The third-order valence-electron chi connectivity index (χ3n) is 2.04. The molecule has 0 aliphatic carbocycles. The van der Waals surface area contributed by atoms with Gasteiger partial charge in [-0.15, -0.1) is 4.90 Å². The summed E-state index contributed by atoms with van der Waals surface area (Å²) in [5, 5.41) is 0.911. The third kappa shape index (κ3) is 2.28. The summed E-state index contributed by atoms with van der Waals surface area (Å²) >= 11 is 0. The van der Waals surface area contributed by atoms with Gasteiger partial charge in [-0.2, -0.15) is 0 Å². The van der Waals surface area contributed by atoms with Gasteiger partial charge in [0, 0.05) is 6.20 Å². The van der Waals surface area contributed by atoms with E-state index in [4.69, 9.17) is 5.69 Å². The Bertz CT molecular complexity index is 509. The lowest BCUT2D eigenvalue weighted by molar-refractivity contribution is -0.254. The number of hydrogen-bond donors (Lipinski definition) is 1. The van der Waals surface area contributed by atoms with Crippen LogP contribution in [0.5, 0.6) is 0 Å². The zero-order valence-electron chi connectivity index (χ0n) is 8.26. The maximum Gasteiger partial charge on any atom is 0.127 e. The summed E-state index contributed by atoms with van der Waals surface area (Å²) in [4.78, 5) is 5.33. The van der Waals surface area contributed by atoms with Crippen molar-refractivity contribution in [2.24, 2.45) is 0 Å². The van der Waals surface area contributed by atoms with Gasteiger partial charge in [0.05, 0.1) is 0 Å². The summed E-state index contributed by atoms with van der Waals surface area (Å²) in [6.45, 7) is 0. The normalized spacial score (nSPS) is 10.5. The number of rotatable bonds is 0. The average molecular weight is 216 g/mol. The first-order valence-electron chi connectivity index (χ1n) is 4.59. The number of hydrogen-bond acceptors (Lipinski definition) is 2. The van der Waals surface area contributed by atoms with Crippen molar-refractivity contribution in [1.29, 1.82) is 0 Å². The minimum absolute atomic E-state index is 0.444.